The Balaban J connectivity index is 0.00000300. The molecule has 1 aromatic carbocycles. The molecule has 2 N–H and O–H groups in total. The fourth-order valence-electron chi connectivity index (χ4n) is 2.58. The molecule has 10 heteroatoms. The van der Waals surface area contributed by atoms with E-state index in [1.165, 1.54) is 0 Å². The number of halogens is 3. The van der Waals surface area contributed by atoms with Crippen molar-refractivity contribution in [3.8, 4) is 5.75 Å². The van der Waals surface area contributed by atoms with Crippen LogP contribution in [0.25, 0.3) is 5.65 Å². The van der Waals surface area contributed by atoms with Gasteiger partial charge in [0.15, 0.2) is 17.4 Å². The van der Waals surface area contributed by atoms with Crippen LogP contribution < -0.4 is 15.4 Å². The van der Waals surface area contributed by atoms with Crippen molar-refractivity contribution in [2.24, 2.45) is 4.99 Å². The average Bonchev–Trinajstić information content (AvgIpc) is 3.12. The number of nitrogens with one attached hydrogen (secondary N) is 2. The van der Waals surface area contributed by atoms with Crippen LogP contribution in [-0.2, 0) is 13.1 Å². The van der Waals surface area contributed by atoms with Gasteiger partial charge in [-0.3, -0.25) is 4.40 Å². The van der Waals surface area contributed by atoms with Gasteiger partial charge < -0.3 is 15.4 Å². The van der Waals surface area contributed by atoms with Gasteiger partial charge in [-0.15, -0.1) is 34.2 Å². The third kappa shape index (κ3) is 6.80. The SMILES string of the molecule is CCNC(=NCc1cccc(OCC(F)F)c1)NCc1nnc2ccccn12.I. The van der Waals surface area contributed by atoms with Crippen LogP contribution in [0.2, 0.25) is 0 Å². The highest BCUT2D eigenvalue weighted by Gasteiger charge is 2.06. The number of alkyl halides is 2. The largest absolute Gasteiger partial charge is 0.488 e. The van der Waals surface area contributed by atoms with Crippen LogP contribution in [0.3, 0.4) is 0 Å². The average molecular weight is 516 g/mol. The van der Waals surface area contributed by atoms with Crippen molar-refractivity contribution < 1.29 is 13.5 Å². The highest BCUT2D eigenvalue weighted by Crippen LogP contribution is 2.15. The summed E-state index contributed by atoms with van der Waals surface area (Å²) in [4.78, 5) is 4.53. The monoisotopic (exact) mass is 516 g/mol. The lowest BCUT2D eigenvalue weighted by molar-refractivity contribution is 0.0818. The van der Waals surface area contributed by atoms with Gasteiger partial charge in [0.2, 0.25) is 0 Å². The molecule has 0 aliphatic rings. The first-order valence-corrected chi connectivity index (χ1v) is 8.96. The third-order valence-corrected chi connectivity index (χ3v) is 3.84. The number of rotatable bonds is 8. The van der Waals surface area contributed by atoms with E-state index in [0.717, 1.165) is 17.0 Å². The standard InChI is InChI=1S/C19H22F2N6O.HI/c1-2-22-19(24-12-18-26-25-17-8-3-4-9-27(17)18)23-11-14-6-5-7-15(10-14)28-13-16(20)21;/h3-10,16H,2,11-13H2,1H3,(H2,22,23,24);1H. The van der Waals surface area contributed by atoms with Gasteiger partial charge >= 0.3 is 0 Å². The molecular weight excluding hydrogens is 493 g/mol. The fraction of sp³-hybridized carbons (Fsp3) is 0.316. The summed E-state index contributed by atoms with van der Waals surface area (Å²) in [5.74, 6) is 1.79. The molecule has 0 fully saturated rings. The fourth-order valence-corrected chi connectivity index (χ4v) is 2.58. The first kappa shape index (κ1) is 22.8. The maximum absolute atomic E-state index is 12.3. The Morgan fingerprint density at radius 2 is 2.03 bits per heavy atom. The van der Waals surface area contributed by atoms with Gasteiger partial charge in [-0.05, 0) is 36.8 Å². The molecule has 7 nitrogen and oxygen atoms in total. The lowest BCUT2D eigenvalue weighted by atomic mass is 10.2. The van der Waals surface area contributed by atoms with Crippen molar-refractivity contribution in [3.63, 3.8) is 0 Å². The summed E-state index contributed by atoms with van der Waals surface area (Å²) in [7, 11) is 0. The molecule has 3 rings (SSSR count). The second-order valence-electron chi connectivity index (χ2n) is 5.94. The van der Waals surface area contributed by atoms with E-state index in [4.69, 9.17) is 4.74 Å². The normalized spacial score (nSPS) is 11.4. The molecule has 2 heterocycles. The molecule has 0 spiro atoms. The number of aliphatic imine (C=N–C) groups is 1. The van der Waals surface area contributed by atoms with E-state index in [1.807, 2.05) is 41.8 Å². The number of fused-ring (bicyclic) bond motifs is 1. The number of pyridine rings is 1. The maximum Gasteiger partial charge on any atom is 0.272 e. The van der Waals surface area contributed by atoms with E-state index in [0.29, 0.717) is 31.3 Å². The third-order valence-electron chi connectivity index (χ3n) is 3.84. The lowest BCUT2D eigenvalue weighted by Gasteiger charge is -2.11. The minimum Gasteiger partial charge on any atom is -0.488 e. The molecule has 2 aromatic heterocycles. The van der Waals surface area contributed by atoms with Crippen LogP contribution in [0, 0.1) is 0 Å². The molecule has 0 saturated carbocycles. The predicted octanol–water partition coefficient (Wildman–Crippen LogP) is 3.25. The summed E-state index contributed by atoms with van der Waals surface area (Å²) in [6.07, 6.45) is -0.596. The molecule has 0 saturated heterocycles. The summed E-state index contributed by atoms with van der Waals surface area (Å²) in [6, 6.07) is 12.7. The Morgan fingerprint density at radius 3 is 2.83 bits per heavy atom. The van der Waals surface area contributed by atoms with Crippen molar-refractivity contribution in [1.82, 2.24) is 25.2 Å². The minimum atomic E-state index is -2.50. The van der Waals surface area contributed by atoms with E-state index in [2.05, 4.69) is 25.8 Å². The molecule has 29 heavy (non-hydrogen) atoms. The van der Waals surface area contributed by atoms with Gasteiger partial charge in [0.05, 0.1) is 13.1 Å². The van der Waals surface area contributed by atoms with Gasteiger partial charge in [-0.1, -0.05) is 18.2 Å². The maximum atomic E-state index is 12.3. The first-order valence-electron chi connectivity index (χ1n) is 8.96. The summed E-state index contributed by atoms with van der Waals surface area (Å²) in [6.45, 7) is 2.88. The zero-order valence-corrected chi connectivity index (χ0v) is 18.2. The van der Waals surface area contributed by atoms with Gasteiger partial charge in [0.25, 0.3) is 6.43 Å². The molecule has 0 amide bonds. The predicted molar refractivity (Wildman–Crippen MR) is 118 cm³/mol. The van der Waals surface area contributed by atoms with Crippen LogP contribution in [0.5, 0.6) is 5.75 Å². The van der Waals surface area contributed by atoms with Crippen molar-refractivity contribution >= 4 is 35.6 Å². The molecular formula is C19H23F2IN6O. The van der Waals surface area contributed by atoms with Crippen LogP contribution >= 0.6 is 24.0 Å². The lowest BCUT2D eigenvalue weighted by Crippen LogP contribution is -2.37. The zero-order valence-electron chi connectivity index (χ0n) is 15.9. The summed E-state index contributed by atoms with van der Waals surface area (Å²) >= 11 is 0. The number of benzene rings is 1. The van der Waals surface area contributed by atoms with Crippen LogP contribution in [-0.4, -0.2) is 40.1 Å². The molecule has 3 aromatic rings. The Labute approximate surface area is 184 Å². The number of hydrogen-bond acceptors (Lipinski definition) is 4. The molecule has 0 radical (unpaired) electrons. The smallest absolute Gasteiger partial charge is 0.272 e. The topological polar surface area (TPSA) is 75.8 Å². The van der Waals surface area contributed by atoms with Crippen LogP contribution in [0.1, 0.15) is 18.3 Å². The molecule has 0 atom stereocenters. The molecule has 0 aliphatic heterocycles. The number of guanidine groups is 1. The number of nitrogens with zero attached hydrogens (tertiary/aromatic N) is 4. The van der Waals surface area contributed by atoms with Crippen LogP contribution in [0.4, 0.5) is 8.78 Å². The zero-order chi connectivity index (χ0) is 19.8. The van der Waals surface area contributed by atoms with E-state index in [-0.39, 0.29) is 24.0 Å². The van der Waals surface area contributed by atoms with E-state index in [1.54, 1.807) is 18.2 Å². The molecule has 156 valence electrons. The van der Waals surface area contributed by atoms with Gasteiger partial charge in [0, 0.05) is 12.7 Å². The second kappa shape index (κ2) is 11.5. The van der Waals surface area contributed by atoms with E-state index < -0.39 is 13.0 Å². The molecule has 0 aliphatic carbocycles. The van der Waals surface area contributed by atoms with Crippen molar-refractivity contribution in [1.29, 1.82) is 0 Å². The number of ether oxygens (including phenoxy) is 1. The first-order chi connectivity index (χ1) is 13.7. The van der Waals surface area contributed by atoms with E-state index in [9.17, 15) is 8.78 Å². The van der Waals surface area contributed by atoms with Crippen molar-refractivity contribution in [2.45, 2.75) is 26.4 Å². The minimum absolute atomic E-state index is 0. The quantitative estimate of drug-likeness (QED) is 0.273. The summed E-state index contributed by atoms with van der Waals surface area (Å²) < 4.78 is 31.5. The van der Waals surface area contributed by atoms with Gasteiger partial charge in [-0.2, -0.15) is 0 Å². The Morgan fingerprint density at radius 1 is 1.17 bits per heavy atom. The van der Waals surface area contributed by atoms with E-state index >= 15 is 0 Å². The summed E-state index contributed by atoms with van der Waals surface area (Å²) in [5, 5.41) is 14.7. The Bertz CT molecular complexity index is 934. The molecule has 0 unspecified atom stereocenters. The highest BCUT2D eigenvalue weighted by atomic mass is 127. The Kier molecular flexibility index (Phi) is 9.03. The summed E-state index contributed by atoms with van der Waals surface area (Å²) in [5.41, 5.74) is 1.64. The number of hydrogen-bond donors (Lipinski definition) is 2. The van der Waals surface area contributed by atoms with Crippen molar-refractivity contribution in [3.05, 3.63) is 60.0 Å². The van der Waals surface area contributed by atoms with Crippen LogP contribution in [0.15, 0.2) is 53.7 Å². The highest BCUT2D eigenvalue weighted by molar-refractivity contribution is 14.0. The number of aromatic nitrogens is 3. The second-order valence-corrected chi connectivity index (χ2v) is 5.94. The van der Waals surface area contributed by atoms with Crippen molar-refractivity contribution in [2.75, 3.05) is 13.2 Å². The van der Waals surface area contributed by atoms with Gasteiger partial charge in [-0.25, -0.2) is 13.8 Å². The molecule has 0 bridgehead atoms. The van der Waals surface area contributed by atoms with Gasteiger partial charge in [0.1, 0.15) is 12.4 Å². The Hall–Kier alpha value is -2.50.